The van der Waals surface area contributed by atoms with Gasteiger partial charge in [-0.25, -0.2) is 15.0 Å². The van der Waals surface area contributed by atoms with Crippen molar-refractivity contribution in [3.05, 3.63) is 231 Å². The summed E-state index contributed by atoms with van der Waals surface area (Å²) in [5.74, 6) is 1.91. The number of aromatic nitrogens is 6. The molecule has 326 valence electrons. The molecule has 5 heterocycles. The van der Waals surface area contributed by atoms with Crippen LogP contribution < -0.4 is 0 Å². The van der Waals surface area contributed by atoms with E-state index in [1.54, 1.807) is 0 Å². The van der Waals surface area contributed by atoms with Crippen molar-refractivity contribution in [3.8, 4) is 51.2 Å². The Kier molecular flexibility index (Phi) is 8.43. The summed E-state index contributed by atoms with van der Waals surface area (Å²) in [6.45, 7) is 0. The van der Waals surface area contributed by atoms with E-state index < -0.39 is 0 Å². The van der Waals surface area contributed by atoms with Crippen LogP contribution in [-0.2, 0) is 0 Å². The standard InChI is InChI=1S/C63H38N6S/c1-5-21-39(22-6-1)61-64-62(40-23-7-2-8-24-40)66-63(65-61)47-37-38-51(60-53(47)46-32-16-20-36-52(46)70-60)69-50-35-19-15-31-45(50)56-58-54(43-29-13-17-33-48(43)67(58)41-25-9-3-10-26-41)57-55(59(56)69)44-30-14-18-34-49(44)68(57)42-27-11-4-12-28-42/h1-38H. The number of benzene rings is 10. The predicted molar refractivity (Wildman–Crippen MR) is 292 cm³/mol. The lowest BCUT2D eigenvalue weighted by Gasteiger charge is -2.15. The highest BCUT2D eigenvalue weighted by Crippen LogP contribution is 2.52. The van der Waals surface area contributed by atoms with E-state index in [9.17, 15) is 0 Å². The molecular formula is C63H38N6S. The van der Waals surface area contributed by atoms with Gasteiger partial charge in [-0.2, -0.15) is 0 Å². The van der Waals surface area contributed by atoms with Gasteiger partial charge in [0.25, 0.3) is 0 Å². The van der Waals surface area contributed by atoms with Crippen LogP contribution in [0.2, 0.25) is 0 Å². The molecule has 10 aromatic carbocycles. The summed E-state index contributed by atoms with van der Waals surface area (Å²) in [6.07, 6.45) is 0. The van der Waals surface area contributed by atoms with Crippen LogP contribution in [0, 0.1) is 0 Å². The summed E-state index contributed by atoms with van der Waals surface area (Å²) in [5, 5.41) is 9.54. The number of thiophene rings is 1. The minimum absolute atomic E-state index is 0.637. The topological polar surface area (TPSA) is 53.5 Å². The molecule has 0 saturated heterocycles. The Morgan fingerprint density at radius 3 is 1.19 bits per heavy atom. The van der Waals surface area contributed by atoms with Gasteiger partial charge in [-0.1, -0.05) is 170 Å². The SMILES string of the molecule is c1ccc(-c2nc(-c3ccccc3)nc(-c3ccc(-n4c5ccccc5c5c6c(c7ccccc7n6-c6ccccc6)c6c(c7ccccc7n6-c6ccccc6)c54)c4sc5ccccc5c34)n2)cc1. The van der Waals surface area contributed by atoms with Crippen LogP contribution in [0.15, 0.2) is 231 Å². The predicted octanol–water partition coefficient (Wildman–Crippen LogP) is 16.5. The lowest BCUT2D eigenvalue weighted by Crippen LogP contribution is -2.01. The van der Waals surface area contributed by atoms with Crippen LogP contribution in [0.4, 0.5) is 0 Å². The number of rotatable bonds is 6. The number of fused-ring (bicyclic) bond motifs is 15. The van der Waals surface area contributed by atoms with E-state index in [0.717, 1.165) is 60.4 Å². The Bertz CT molecular complexity index is 4440. The Balaban J connectivity index is 1.15. The van der Waals surface area contributed by atoms with Gasteiger partial charge in [0.05, 0.1) is 43.5 Å². The number of nitrogens with zero attached hydrogens (tertiary/aromatic N) is 6. The molecular weight excluding hydrogens is 873 g/mol. The third-order valence-electron chi connectivity index (χ3n) is 14.0. The van der Waals surface area contributed by atoms with Crippen LogP contribution in [0.5, 0.6) is 0 Å². The van der Waals surface area contributed by atoms with E-state index in [4.69, 9.17) is 15.0 Å². The summed E-state index contributed by atoms with van der Waals surface area (Å²) in [6, 6.07) is 82.4. The molecule has 6 nitrogen and oxygen atoms in total. The molecule has 0 unspecified atom stereocenters. The second-order valence-electron chi connectivity index (χ2n) is 17.9. The van der Waals surface area contributed by atoms with Gasteiger partial charge in [-0.3, -0.25) is 0 Å². The van der Waals surface area contributed by atoms with Crippen LogP contribution in [0.1, 0.15) is 0 Å². The average Bonchev–Trinajstić information content (AvgIpc) is 4.19. The highest BCUT2D eigenvalue weighted by atomic mass is 32.1. The third-order valence-corrected chi connectivity index (χ3v) is 15.2. The minimum Gasteiger partial charge on any atom is -0.308 e. The monoisotopic (exact) mass is 910 g/mol. The molecule has 0 aliphatic heterocycles. The molecule has 0 saturated carbocycles. The molecule has 0 spiro atoms. The van der Waals surface area contributed by atoms with E-state index in [1.807, 2.05) is 47.7 Å². The van der Waals surface area contributed by atoms with E-state index in [0.29, 0.717) is 17.5 Å². The fourth-order valence-corrected chi connectivity index (χ4v) is 12.4. The Morgan fingerprint density at radius 1 is 0.300 bits per heavy atom. The Labute approximate surface area is 405 Å². The summed E-state index contributed by atoms with van der Waals surface area (Å²) in [4.78, 5) is 15.7. The van der Waals surface area contributed by atoms with E-state index in [2.05, 4.69) is 208 Å². The molecule has 5 aromatic heterocycles. The molecule has 0 aliphatic carbocycles. The summed E-state index contributed by atoms with van der Waals surface area (Å²) >= 11 is 1.83. The van der Waals surface area contributed by atoms with Crippen LogP contribution in [0.3, 0.4) is 0 Å². The molecule has 0 N–H and O–H groups in total. The zero-order valence-corrected chi connectivity index (χ0v) is 38.3. The molecule has 0 atom stereocenters. The zero-order chi connectivity index (χ0) is 45.9. The summed E-state index contributed by atoms with van der Waals surface area (Å²) in [7, 11) is 0. The number of hydrogen-bond acceptors (Lipinski definition) is 4. The first-order valence-electron chi connectivity index (χ1n) is 23.6. The van der Waals surface area contributed by atoms with E-state index >= 15 is 0 Å². The van der Waals surface area contributed by atoms with Gasteiger partial charge in [0, 0.05) is 75.9 Å². The number of para-hydroxylation sites is 5. The van der Waals surface area contributed by atoms with Crippen molar-refractivity contribution in [3.63, 3.8) is 0 Å². The van der Waals surface area contributed by atoms with Crippen LogP contribution in [0.25, 0.3) is 137 Å². The average molecular weight is 911 g/mol. The highest BCUT2D eigenvalue weighted by molar-refractivity contribution is 7.26. The largest absolute Gasteiger partial charge is 0.308 e. The van der Waals surface area contributed by atoms with Crippen LogP contribution >= 0.6 is 11.3 Å². The molecule has 0 amide bonds. The van der Waals surface area contributed by atoms with Gasteiger partial charge in [0.1, 0.15) is 0 Å². The van der Waals surface area contributed by atoms with Crippen LogP contribution in [-0.4, -0.2) is 28.7 Å². The molecule has 15 rings (SSSR count). The van der Waals surface area contributed by atoms with Crippen molar-refractivity contribution >= 4 is 96.9 Å². The first-order valence-corrected chi connectivity index (χ1v) is 24.4. The van der Waals surface area contributed by atoms with Crippen molar-refractivity contribution in [1.82, 2.24) is 28.7 Å². The molecule has 0 aliphatic rings. The van der Waals surface area contributed by atoms with Gasteiger partial charge >= 0.3 is 0 Å². The second kappa shape index (κ2) is 15.2. The third kappa shape index (κ3) is 5.58. The van der Waals surface area contributed by atoms with Gasteiger partial charge in [-0.15, -0.1) is 11.3 Å². The van der Waals surface area contributed by atoms with E-state index in [-0.39, 0.29) is 0 Å². The van der Waals surface area contributed by atoms with Gasteiger partial charge in [0.15, 0.2) is 17.5 Å². The van der Waals surface area contributed by atoms with Gasteiger partial charge in [-0.05, 0) is 60.7 Å². The molecule has 7 heteroatoms. The molecule has 0 fully saturated rings. The fourth-order valence-electron chi connectivity index (χ4n) is 11.2. The normalized spacial score (nSPS) is 12.0. The first kappa shape index (κ1) is 38.9. The minimum atomic E-state index is 0.637. The Hall–Kier alpha value is -9.17. The van der Waals surface area contributed by atoms with Crippen molar-refractivity contribution in [2.24, 2.45) is 0 Å². The quantitative estimate of drug-likeness (QED) is 0.167. The number of hydrogen-bond donors (Lipinski definition) is 0. The summed E-state index contributed by atoms with van der Waals surface area (Å²) in [5.41, 5.74) is 13.2. The second-order valence-corrected chi connectivity index (χ2v) is 18.9. The van der Waals surface area contributed by atoms with Crippen molar-refractivity contribution in [2.75, 3.05) is 0 Å². The van der Waals surface area contributed by atoms with Crippen molar-refractivity contribution in [2.45, 2.75) is 0 Å². The maximum Gasteiger partial charge on any atom is 0.164 e. The van der Waals surface area contributed by atoms with Crippen molar-refractivity contribution < 1.29 is 0 Å². The molecule has 70 heavy (non-hydrogen) atoms. The maximum atomic E-state index is 5.30. The zero-order valence-electron chi connectivity index (χ0n) is 37.5. The van der Waals surface area contributed by atoms with Gasteiger partial charge < -0.3 is 13.7 Å². The Morgan fingerprint density at radius 2 is 0.686 bits per heavy atom. The fraction of sp³-hybridized carbons (Fsp3) is 0. The highest BCUT2D eigenvalue weighted by Gasteiger charge is 2.30. The first-order chi connectivity index (χ1) is 34.8. The molecule has 15 aromatic rings. The smallest absolute Gasteiger partial charge is 0.164 e. The molecule has 0 bridgehead atoms. The van der Waals surface area contributed by atoms with E-state index in [1.165, 1.54) is 59.0 Å². The van der Waals surface area contributed by atoms with Crippen molar-refractivity contribution in [1.29, 1.82) is 0 Å². The lowest BCUT2D eigenvalue weighted by molar-refractivity contribution is 1.08. The summed E-state index contributed by atoms with van der Waals surface area (Å²) < 4.78 is 9.94. The maximum absolute atomic E-state index is 5.30. The molecule has 0 radical (unpaired) electrons. The lowest BCUT2D eigenvalue weighted by atomic mass is 10.0. The van der Waals surface area contributed by atoms with Gasteiger partial charge in [0.2, 0.25) is 0 Å².